The van der Waals surface area contributed by atoms with Crippen LogP contribution in [0.4, 0.5) is 4.20 Å². The van der Waals surface area contributed by atoms with E-state index >= 15 is 4.20 Å². The number of rotatable bonds is 1. The molecule has 2 atom stereocenters. The van der Waals surface area contributed by atoms with Crippen molar-refractivity contribution in [2.24, 2.45) is 0 Å². The lowest BCUT2D eigenvalue weighted by Gasteiger charge is -2.31. The molecule has 2 aromatic rings. The van der Waals surface area contributed by atoms with E-state index in [1.165, 1.54) is 11.1 Å². The number of hydrogen-bond acceptors (Lipinski definition) is 2. The van der Waals surface area contributed by atoms with Crippen LogP contribution in [0.25, 0.3) is 0 Å². The topological polar surface area (TPSA) is 18.5 Å². The van der Waals surface area contributed by atoms with Gasteiger partial charge in [0.2, 0.25) is 0 Å². The highest BCUT2D eigenvalue weighted by molar-refractivity contribution is 7.47. The van der Waals surface area contributed by atoms with Gasteiger partial charge in [0.1, 0.15) is 11.5 Å². The highest BCUT2D eigenvalue weighted by atomic mass is 31.2. The third-order valence-electron chi connectivity index (χ3n) is 6.67. The van der Waals surface area contributed by atoms with Crippen molar-refractivity contribution < 1.29 is 13.5 Å². The molecule has 2 aromatic carbocycles. The van der Waals surface area contributed by atoms with Gasteiger partial charge in [0.15, 0.2) is 6.35 Å². The van der Waals surface area contributed by atoms with Crippen LogP contribution < -0.4 is 9.26 Å². The quantitative estimate of drug-likeness (QED) is 0.361. The van der Waals surface area contributed by atoms with Crippen molar-refractivity contribution in [3.8, 4) is 11.5 Å². The molecule has 1 heterocycles. The Hall–Kier alpha value is -1.60. The first kappa shape index (κ1) is 29.6. The summed E-state index contributed by atoms with van der Waals surface area (Å²) in [6.45, 7) is 28.3. The number of ether oxygens (including phenoxy) is 1. The zero-order valence-corrected chi connectivity index (χ0v) is 25.3. The highest BCUT2D eigenvalue weighted by Crippen LogP contribution is 2.52. The molecule has 0 saturated carbocycles. The second kappa shape index (κ2) is 10.8. The first-order chi connectivity index (χ1) is 16.0. The minimum Gasteiger partial charge on any atom is -0.482 e. The summed E-state index contributed by atoms with van der Waals surface area (Å²) in [5.41, 5.74) is 6.70. The smallest absolute Gasteiger partial charge is 0.315 e. The Balaban J connectivity index is 0.00000210. The first-order valence-electron chi connectivity index (χ1n) is 13.1. The molecule has 0 fully saturated rings. The lowest BCUT2D eigenvalue weighted by molar-refractivity contribution is 0.359. The summed E-state index contributed by atoms with van der Waals surface area (Å²) in [4.78, 5) is 0. The number of benzene rings is 2. The standard InChI is InChI=1S/C29H42FO2P.C2H6/c1-12-19-13-20(27(3,4)5)14-22-18(2)23-15-21(28(6,7)8)16-24(29(9,10)11)26(23)32-33(30)17-31-25(19)22;1-2/h13-16,18H,12,17H2,1-11H3;1-2H3. The number of fused-ring (bicyclic) bond motifs is 2. The molecule has 35 heavy (non-hydrogen) atoms. The van der Waals surface area contributed by atoms with E-state index in [4.69, 9.17) is 9.26 Å². The molecule has 0 aliphatic carbocycles. The van der Waals surface area contributed by atoms with Crippen LogP contribution in [0.15, 0.2) is 24.3 Å². The SMILES string of the molecule is CC.CCc1cc(C(C)(C)C)cc2c1OCP(F)Oc1c(cc(C(C)(C)C)cc1C(C)(C)C)C2C. The molecule has 0 saturated heterocycles. The van der Waals surface area contributed by atoms with E-state index in [-0.39, 0.29) is 28.5 Å². The monoisotopic (exact) mass is 502 g/mol. The fourth-order valence-electron chi connectivity index (χ4n) is 4.38. The summed E-state index contributed by atoms with van der Waals surface area (Å²) in [5, 5.41) is 0. The third-order valence-corrected chi connectivity index (χ3v) is 7.38. The van der Waals surface area contributed by atoms with Crippen molar-refractivity contribution in [2.75, 3.05) is 6.35 Å². The third kappa shape index (κ3) is 6.59. The average molecular weight is 503 g/mol. The van der Waals surface area contributed by atoms with E-state index in [0.29, 0.717) is 5.75 Å². The minimum absolute atomic E-state index is 0.00691. The molecule has 0 N–H and O–H groups in total. The predicted molar refractivity (Wildman–Crippen MR) is 151 cm³/mol. The van der Waals surface area contributed by atoms with Crippen molar-refractivity contribution in [1.82, 2.24) is 0 Å². The molecule has 0 aromatic heterocycles. The van der Waals surface area contributed by atoms with Crippen LogP contribution >= 0.6 is 8.46 Å². The molecular weight excluding hydrogens is 454 g/mol. The molecule has 1 aliphatic rings. The molecule has 0 amide bonds. The summed E-state index contributed by atoms with van der Waals surface area (Å²) >= 11 is 0. The minimum atomic E-state index is -2.25. The summed E-state index contributed by atoms with van der Waals surface area (Å²) in [5.74, 6) is 1.54. The fraction of sp³-hybridized carbons (Fsp3) is 0.613. The van der Waals surface area contributed by atoms with Crippen LogP contribution in [0.1, 0.15) is 129 Å². The molecule has 2 unspecified atom stereocenters. The molecule has 4 heteroatoms. The Morgan fingerprint density at radius 1 is 0.800 bits per heavy atom. The molecule has 1 aliphatic heterocycles. The Morgan fingerprint density at radius 3 is 1.74 bits per heavy atom. The van der Waals surface area contributed by atoms with Gasteiger partial charge in [-0.25, -0.2) is 0 Å². The van der Waals surface area contributed by atoms with Gasteiger partial charge < -0.3 is 9.26 Å². The second-order valence-corrected chi connectivity index (χ2v) is 13.6. The van der Waals surface area contributed by atoms with Crippen LogP contribution in [-0.4, -0.2) is 6.35 Å². The largest absolute Gasteiger partial charge is 0.482 e. The van der Waals surface area contributed by atoms with Crippen LogP contribution in [0, 0.1) is 0 Å². The van der Waals surface area contributed by atoms with Gasteiger partial charge in [0.05, 0.1) is 0 Å². The van der Waals surface area contributed by atoms with E-state index in [1.54, 1.807) is 0 Å². The van der Waals surface area contributed by atoms with E-state index in [2.05, 4.69) is 100 Å². The molecule has 0 spiro atoms. The van der Waals surface area contributed by atoms with Gasteiger partial charge in [-0.1, -0.05) is 114 Å². The molecule has 0 bridgehead atoms. The average Bonchev–Trinajstić information content (AvgIpc) is 2.80. The van der Waals surface area contributed by atoms with Gasteiger partial charge in [0.25, 0.3) is 0 Å². The van der Waals surface area contributed by atoms with Crippen molar-refractivity contribution in [1.29, 1.82) is 0 Å². The van der Waals surface area contributed by atoms with Gasteiger partial charge >= 0.3 is 8.46 Å². The van der Waals surface area contributed by atoms with Gasteiger partial charge in [-0.3, -0.25) is 0 Å². The number of aryl methyl sites for hydroxylation is 1. The van der Waals surface area contributed by atoms with E-state index < -0.39 is 8.46 Å². The maximum absolute atomic E-state index is 15.2. The Morgan fingerprint density at radius 2 is 1.29 bits per heavy atom. The maximum Gasteiger partial charge on any atom is 0.315 e. The molecule has 0 radical (unpaired) electrons. The van der Waals surface area contributed by atoms with Crippen LogP contribution in [0.3, 0.4) is 0 Å². The second-order valence-electron chi connectivity index (χ2n) is 12.5. The molecule has 3 rings (SSSR count). The summed E-state index contributed by atoms with van der Waals surface area (Å²) < 4.78 is 27.5. The van der Waals surface area contributed by atoms with Gasteiger partial charge in [-0.15, -0.1) is 0 Å². The van der Waals surface area contributed by atoms with Crippen molar-refractivity contribution >= 4 is 8.46 Å². The predicted octanol–water partition coefficient (Wildman–Crippen LogP) is 10.3. The molecular formula is C31H48FO2P. The van der Waals surface area contributed by atoms with Crippen molar-refractivity contribution in [3.05, 3.63) is 57.6 Å². The van der Waals surface area contributed by atoms with Crippen LogP contribution in [-0.2, 0) is 22.7 Å². The fourth-order valence-corrected chi connectivity index (χ4v) is 5.07. The van der Waals surface area contributed by atoms with Crippen molar-refractivity contribution in [3.63, 3.8) is 0 Å². The number of hydrogen-bond donors (Lipinski definition) is 0. The van der Waals surface area contributed by atoms with Crippen LogP contribution in [0.2, 0.25) is 0 Å². The van der Waals surface area contributed by atoms with E-state index in [0.717, 1.165) is 34.4 Å². The Kier molecular flexibility index (Phi) is 9.14. The van der Waals surface area contributed by atoms with E-state index in [1.807, 2.05) is 13.8 Å². The van der Waals surface area contributed by atoms with Crippen molar-refractivity contribution in [2.45, 2.75) is 119 Å². The van der Waals surface area contributed by atoms with Gasteiger partial charge in [-0.05, 0) is 39.4 Å². The zero-order valence-electron chi connectivity index (χ0n) is 24.4. The van der Waals surface area contributed by atoms with Gasteiger partial charge in [-0.2, -0.15) is 4.20 Å². The number of halogens is 1. The summed E-state index contributed by atoms with van der Waals surface area (Å²) in [6.07, 6.45) is 0.785. The highest BCUT2D eigenvalue weighted by Gasteiger charge is 2.33. The Labute approximate surface area is 216 Å². The maximum atomic E-state index is 15.2. The summed E-state index contributed by atoms with van der Waals surface area (Å²) in [6, 6.07) is 8.97. The van der Waals surface area contributed by atoms with E-state index in [9.17, 15) is 0 Å². The first-order valence-corrected chi connectivity index (χ1v) is 14.5. The zero-order chi connectivity index (χ0) is 26.9. The molecule has 2 nitrogen and oxygen atoms in total. The lowest BCUT2D eigenvalue weighted by atomic mass is 9.76. The normalized spacial score (nSPS) is 18.5. The Bertz CT molecular complexity index is 1020. The lowest BCUT2D eigenvalue weighted by Crippen LogP contribution is -2.19. The van der Waals surface area contributed by atoms with Gasteiger partial charge in [0, 0.05) is 22.6 Å². The summed E-state index contributed by atoms with van der Waals surface area (Å²) in [7, 11) is -2.25. The molecule has 196 valence electrons. The van der Waals surface area contributed by atoms with Crippen LogP contribution in [0.5, 0.6) is 11.5 Å².